The van der Waals surface area contributed by atoms with Gasteiger partial charge in [-0.15, -0.1) is 11.3 Å². The fraction of sp³-hybridized carbons (Fsp3) is 0.400. The first-order valence-electron chi connectivity index (χ1n) is 16.0. The summed E-state index contributed by atoms with van der Waals surface area (Å²) in [6.07, 6.45) is 2.14. The van der Waals surface area contributed by atoms with Crippen LogP contribution in [0.4, 0.5) is 14.9 Å². The highest BCUT2D eigenvalue weighted by atomic mass is 35.5. The normalized spacial score (nSPS) is 13.9. The molecule has 3 heterocycles. The van der Waals surface area contributed by atoms with E-state index in [1.165, 1.54) is 29.8 Å². The molecule has 0 bridgehead atoms. The Hall–Kier alpha value is -4.11. The molecule has 1 unspecified atom stereocenters. The van der Waals surface area contributed by atoms with Crippen molar-refractivity contribution in [2.75, 3.05) is 19.0 Å². The van der Waals surface area contributed by atoms with E-state index in [-0.39, 0.29) is 22.9 Å². The van der Waals surface area contributed by atoms with Gasteiger partial charge in [0.1, 0.15) is 29.6 Å². The molecule has 0 spiro atoms. The number of aromatic nitrogens is 4. The van der Waals surface area contributed by atoms with Crippen molar-refractivity contribution in [3.63, 3.8) is 0 Å². The van der Waals surface area contributed by atoms with Gasteiger partial charge in [0.15, 0.2) is 19.9 Å². The minimum absolute atomic E-state index is 0.00268. The maximum absolute atomic E-state index is 15.2. The topological polar surface area (TPSA) is 127 Å². The number of carbonyl (C=O) groups excluding carboxylic acids is 1. The number of amides is 1. The van der Waals surface area contributed by atoms with Gasteiger partial charge in [0.25, 0.3) is 0 Å². The standard InChI is InChI=1S/C35H41ClFN5O6SSi/c1-19(48-50(8,9)35(4,5)6)18-45-33-39-15-24(16-40-33)41-34(43)47-21(3)20(2)46-29-14-30-28(13-27(29)37)42-32(49-30)26-12-23(36)10-22-11-25(44-7)17-38-31(22)26/h10-17,19-21H,18H2,1-9H3,(H,41,43)/t19?,20-,21+/m0/s1. The largest absolute Gasteiger partial charge is 0.495 e. The molecule has 5 aromatic rings. The Kier molecular flexibility index (Phi) is 11.2. The van der Waals surface area contributed by atoms with Crippen LogP contribution in [0.15, 0.2) is 48.9 Å². The molecule has 50 heavy (non-hydrogen) atoms. The number of halogens is 2. The van der Waals surface area contributed by atoms with Gasteiger partial charge in [-0.2, -0.15) is 0 Å². The maximum atomic E-state index is 15.2. The number of anilines is 1. The first kappa shape index (κ1) is 37.1. The summed E-state index contributed by atoms with van der Waals surface area (Å²) in [4.78, 5) is 30.2. The second kappa shape index (κ2) is 15.0. The van der Waals surface area contributed by atoms with Crippen LogP contribution in [-0.2, 0) is 9.16 Å². The van der Waals surface area contributed by atoms with Gasteiger partial charge in [-0.3, -0.25) is 10.3 Å². The number of pyridine rings is 1. The highest BCUT2D eigenvalue weighted by Crippen LogP contribution is 2.39. The molecule has 0 radical (unpaired) electrons. The number of carbonyl (C=O) groups is 1. The van der Waals surface area contributed by atoms with E-state index >= 15 is 4.39 Å². The molecule has 0 saturated carbocycles. The molecule has 0 saturated heterocycles. The molecule has 3 aromatic heterocycles. The van der Waals surface area contributed by atoms with Crippen molar-refractivity contribution in [2.45, 2.75) is 78.0 Å². The van der Waals surface area contributed by atoms with E-state index < -0.39 is 32.4 Å². The van der Waals surface area contributed by atoms with Gasteiger partial charge in [-0.05, 0) is 57.1 Å². The summed E-state index contributed by atoms with van der Waals surface area (Å²) in [6.45, 7) is 16.5. The van der Waals surface area contributed by atoms with Crippen molar-refractivity contribution in [2.24, 2.45) is 0 Å². The molecule has 11 nitrogen and oxygen atoms in total. The van der Waals surface area contributed by atoms with Crippen LogP contribution >= 0.6 is 22.9 Å². The summed E-state index contributed by atoms with van der Waals surface area (Å²) in [5.74, 6) is 0.00549. The second-order valence-electron chi connectivity index (χ2n) is 13.5. The number of methoxy groups -OCH3 is 1. The van der Waals surface area contributed by atoms with Crippen LogP contribution in [0.2, 0.25) is 23.2 Å². The van der Waals surface area contributed by atoms with Crippen LogP contribution in [0.3, 0.4) is 0 Å². The average Bonchev–Trinajstić information content (AvgIpc) is 3.45. The molecule has 0 fully saturated rings. The zero-order valence-electron chi connectivity index (χ0n) is 29.5. The predicted molar refractivity (Wildman–Crippen MR) is 197 cm³/mol. The van der Waals surface area contributed by atoms with Crippen LogP contribution in [-0.4, -0.2) is 66.4 Å². The number of rotatable bonds is 12. The summed E-state index contributed by atoms with van der Waals surface area (Å²) in [6, 6.07) is 8.48. The average molecular weight is 742 g/mol. The maximum Gasteiger partial charge on any atom is 0.412 e. The predicted octanol–water partition coefficient (Wildman–Crippen LogP) is 9.30. The molecule has 3 atom stereocenters. The molecule has 15 heteroatoms. The minimum atomic E-state index is -1.93. The van der Waals surface area contributed by atoms with Crippen molar-refractivity contribution >= 4 is 64.2 Å². The van der Waals surface area contributed by atoms with E-state index in [2.05, 4.69) is 59.1 Å². The van der Waals surface area contributed by atoms with Gasteiger partial charge in [0.2, 0.25) is 0 Å². The molecular formula is C35H41ClFN5O6SSi. The molecule has 1 amide bonds. The van der Waals surface area contributed by atoms with Gasteiger partial charge in [0.05, 0.1) is 53.2 Å². The number of nitrogens with one attached hydrogen (secondary N) is 1. The monoisotopic (exact) mass is 741 g/mol. The van der Waals surface area contributed by atoms with Crippen LogP contribution < -0.4 is 19.5 Å². The molecule has 5 rings (SSSR count). The van der Waals surface area contributed by atoms with Crippen LogP contribution in [0.1, 0.15) is 41.5 Å². The Morgan fingerprint density at radius 3 is 2.42 bits per heavy atom. The first-order valence-corrected chi connectivity index (χ1v) is 20.1. The lowest BCUT2D eigenvalue weighted by Gasteiger charge is -2.38. The Bertz CT molecular complexity index is 1990. The lowest BCUT2D eigenvalue weighted by Crippen LogP contribution is -2.44. The summed E-state index contributed by atoms with van der Waals surface area (Å²) < 4.78 is 44.6. The van der Waals surface area contributed by atoms with Gasteiger partial charge in [-0.25, -0.2) is 24.1 Å². The van der Waals surface area contributed by atoms with Crippen molar-refractivity contribution in [1.29, 1.82) is 0 Å². The smallest absolute Gasteiger partial charge is 0.412 e. The third-order valence-corrected chi connectivity index (χ3v) is 14.4. The van der Waals surface area contributed by atoms with Crippen molar-refractivity contribution < 1.29 is 32.6 Å². The van der Waals surface area contributed by atoms with Crippen molar-refractivity contribution in [3.05, 3.63) is 59.8 Å². The number of hydrogen-bond acceptors (Lipinski definition) is 11. The number of hydrogen-bond donors (Lipinski definition) is 1. The van der Waals surface area contributed by atoms with E-state index in [0.717, 1.165) is 10.9 Å². The summed E-state index contributed by atoms with van der Waals surface area (Å²) in [5, 5.41) is 4.60. The van der Waals surface area contributed by atoms with E-state index in [9.17, 15) is 4.79 Å². The Morgan fingerprint density at radius 1 is 1.02 bits per heavy atom. The molecule has 0 aliphatic rings. The summed E-state index contributed by atoms with van der Waals surface area (Å²) in [5.41, 5.74) is 2.18. The van der Waals surface area contributed by atoms with E-state index in [1.807, 2.05) is 13.0 Å². The van der Waals surface area contributed by atoms with Gasteiger partial charge in [-0.1, -0.05) is 32.4 Å². The molecular weight excluding hydrogens is 701 g/mol. The number of thiazole rings is 1. The highest BCUT2D eigenvalue weighted by Gasteiger charge is 2.38. The molecule has 266 valence electrons. The van der Waals surface area contributed by atoms with Crippen LogP contribution in [0.5, 0.6) is 17.5 Å². The van der Waals surface area contributed by atoms with Crippen molar-refractivity contribution in [3.8, 4) is 28.1 Å². The lowest BCUT2D eigenvalue weighted by atomic mass is 10.1. The van der Waals surface area contributed by atoms with Crippen LogP contribution in [0, 0.1) is 5.82 Å². The van der Waals surface area contributed by atoms with Crippen LogP contribution in [0.25, 0.3) is 31.7 Å². The summed E-state index contributed by atoms with van der Waals surface area (Å²) in [7, 11) is -0.366. The van der Waals surface area contributed by atoms with Gasteiger partial charge >= 0.3 is 12.1 Å². The SMILES string of the molecule is COc1cnc2c(-c3nc4cc(F)c(O[C@@H](C)[C@@H](C)OC(=O)Nc5cnc(OCC(C)O[Si](C)(C)C(C)(C)C)nc5)cc4s3)cc(Cl)cc2c1. The number of fused-ring (bicyclic) bond motifs is 2. The first-order chi connectivity index (χ1) is 23.5. The van der Waals surface area contributed by atoms with Gasteiger partial charge in [0, 0.05) is 28.1 Å². The molecule has 0 aliphatic heterocycles. The second-order valence-corrected chi connectivity index (χ2v) is 19.7. The minimum Gasteiger partial charge on any atom is -0.495 e. The molecule has 1 N–H and O–H groups in total. The summed E-state index contributed by atoms with van der Waals surface area (Å²) >= 11 is 7.77. The zero-order chi connectivity index (χ0) is 36.4. The fourth-order valence-corrected chi connectivity index (χ4v) is 7.32. The highest BCUT2D eigenvalue weighted by molar-refractivity contribution is 7.21. The Labute approximate surface area is 300 Å². The van der Waals surface area contributed by atoms with E-state index in [4.69, 9.17) is 35.0 Å². The van der Waals surface area contributed by atoms with E-state index in [0.29, 0.717) is 43.8 Å². The number of ether oxygens (including phenoxy) is 4. The fourth-order valence-electron chi connectivity index (χ4n) is 4.67. The van der Waals surface area contributed by atoms with Crippen molar-refractivity contribution in [1.82, 2.24) is 19.9 Å². The molecule has 0 aliphatic carbocycles. The van der Waals surface area contributed by atoms with E-state index in [1.54, 1.807) is 45.4 Å². The molecule has 2 aromatic carbocycles. The Morgan fingerprint density at radius 2 is 1.74 bits per heavy atom. The quantitative estimate of drug-likeness (QED) is 0.124. The number of benzene rings is 2. The third-order valence-electron chi connectivity index (χ3n) is 8.52. The zero-order valence-corrected chi connectivity index (χ0v) is 32.0. The lowest BCUT2D eigenvalue weighted by molar-refractivity contribution is 0.0402. The third kappa shape index (κ3) is 8.78. The van der Waals surface area contributed by atoms with Gasteiger partial charge < -0.3 is 23.4 Å². The number of nitrogens with zero attached hydrogens (tertiary/aromatic N) is 4. The Balaban J connectivity index is 1.17.